The van der Waals surface area contributed by atoms with Crippen molar-refractivity contribution in [2.75, 3.05) is 19.7 Å². The Labute approximate surface area is 201 Å². The Balaban J connectivity index is 1.14. The van der Waals surface area contributed by atoms with E-state index in [4.69, 9.17) is 4.74 Å². The molecule has 7 nitrogen and oxygen atoms in total. The summed E-state index contributed by atoms with van der Waals surface area (Å²) in [6.45, 7) is 2.18. The van der Waals surface area contributed by atoms with Gasteiger partial charge in [0.1, 0.15) is 0 Å². The number of amides is 1. The second-order valence-corrected chi connectivity index (χ2v) is 10.5. The number of hydrogen-bond donors (Lipinski definition) is 1. The number of alkyl halides is 3. The van der Waals surface area contributed by atoms with Crippen LogP contribution in [-0.2, 0) is 31.0 Å². The van der Waals surface area contributed by atoms with Crippen molar-refractivity contribution in [2.45, 2.75) is 77.2 Å². The van der Waals surface area contributed by atoms with Gasteiger partial charge in [0.2, 0.25) is 5.91 Å². The van der Waals surface area contributed by atoms with Gasteiger partial charge in [-0.2, -0.15) is 5.10 Å². The number of aromatic nitrogens is 3. The van der Waals surface area contributed by atoms with Crippen molar-refractivity contribution in [3.8, 4) is 5.19 Å². The van der Waals surface area contributed by atoms with Crippen molar-refractivity contribution in [3.63, 3.8) is 0 Å². The summed E-state index contributed by atoms with van der Waals surface area (Å²) >= 11 is 1.38. The van der Waals surface area contributed by atoms with Gasteiger partial charge in [-0.25, -0.2) is 22.8 Å². The Bertz CT molecular complexity index is 953. The molecule has 2 aliphatic rings. The van der Waals surface area contributed by atoms with Crippen LogP contribution in [0.1, 0.15) is 55.2 Å². The normalized spacial score (nSPS) is 21.3. The van der Waals surface area contributed by atoms with Crippen LogP contribution in [0.2, 0.25) is 0 Å². The summed E-state index contributed by atoms with van der Waals surface area (Å²) in [6.07, 6.45) is 9.41. The zero-order valence-electron chi connectivity index (χ0n) is 19.4. The number of rotatable bonds is 10. The van der Waals surface area contributed by atoms with Gasteiger partial charge in [-0.1, -0.05) is 11.3 Å². The van der Waals surface area contributed by atoms with Crippen molar-refractivity contribution in [1.82, 2.24) is 25.0 Å². The maximum atomic E-state index is 13.0. The molecule has 4 rings (SSSR count). The first-order chi connectivity index (χ1) is 16.3. The van der Waals surface area contributed by atoms with Gasteiger partial charge >= 0.3 is 0 Å². The smallest absolute Gasteiger partial charge is 0.278 e. The molecule has 0 aromatic carbocycles. The van der Waals surface area contributed by atoms with Gasteiger partial charge in [-0.05, 0) is 56.6 Å². The van der Waals surface area contributed by atoms with Crippen molar-refractivity contribution in [2.24, 2.45) is 5.92 Å². The standard InChI is InChI=1S/C23H32F3N5O2S/c1-23(25,26)14-33-22-29-19-13-30(9-7-20(19)34-22)8-6-16-2-4-18(5-3-16)28-21(32)10-17-11-27-31(12-17)15-24/h11-12,16,18H,2-10,13-15H2,1H3,(H,28,32). The largest absolute Gasteiger partial charge is 0.464 e. The summed E-state index contributed by atoms with van der Waals surface area (Å²) in [5, 5.41) is 7.30. The third-order valence-corrected chi connectivity index (χ3v) is 7.55. The van der Waals surface area contributed by atoms with E-state index in [0.29, 0.717) is 11.1 Å². The summed E-state index contributed by atoms with van der Waals surface area (Å²) in [4.78, 5) is 20.2. The molecule has 1 N–H and O–H groups in total. The molecule has 0 atom stereocenters. The first-order valence-corrected chi connectivity index (χ1v) is 12.7. The minimum Gasteiger partial charge on any atom is -0.464 e. The average molecular weight is 500 g/mol. The number of nitrogens with one attached hydrogen (secondary N) is 1. The van der Waals surface area contributed by atoms with E-state index in [1.54, 1.807) is 6.20 Å². The molecule has 0 saturated heterocycles. The topological polar surface area (TPSA) is 72.3 Å². The van der Waals surface area contributed by atoms with Gasteiger partial charge in [0.15, 0.2) is 13.4 Å². The zero-order chi connectivity index (χ0) is 24.1. The molecule has 2 aromatic heterocycles. The maximum Gasteiger partial charge on any atom is 0.278 e. The highest BCUT2D eigenvalue weighted by molar-refractivity contribution is 7.13. The van der Waals surface area contributed by atoms with Gasteiger partial charge in [-0.15, -0.1) is 0 Å². The Hall–Kier alpha value is -2.14. The molecule has 11 heteroatoms. The first-order valence-electron chi connectivity index (χ1n) is 11.9. The van der Waals surface area contributed by atoms with Crippen LogP contribution in [0, 0.1) is 5.92 Å². The second kappa shape index (κ2) is 11.1. The van der Waals surface area contributed by atoms with E-state index < -0.39 is 19.3 Å². The quantitative estimate of drug-likeness (QED) is 0.536. The molecule has 0 radical (unpaired) electrons. The second-order valence-electron chi connectivity index (χ2n) is 9.49. The summed E-state index contributed by atoms with van der Waals surface area (Å²) in [5.74, 6) is -2.26. The third-order valence-electron chi connectivity index (χ3n) is 6.48. The van der Waals surface area contributed by atoms with Crippen LogP contribution in [0.25, 0.3) is 0 Å². The number of carbonyl (C=O) groups is 1. The molecular weight excluding hydrogens is 467 g/mol. The highest BCUT2D eigenvalue weighted by Crippen LogP contribution is 2.32. The van der Waals surface area contributed by atoms with Crippen LogP contribution in [0.3, 0.4) is 0 Å². The molecule has 0 spiro atoms. The minimum absolute atomic E-state index is 0.0414. The van der Waals surface area contributed by atoms with E-state index in [-0.39, 0.29) is 18.4 Å². The molecule has 34 heavy (non-hydrogen) atoms. The zero-order valence-corrected chi connectivity index (χ0v) is 20.3. The highest BCUT2D eigenvalue weighted by Gasteiger charge is 2.27. The SMILES string of the molecule is CC(F)(F)COc1nc2c(s1)CCN(CCC1CCC(NC(=O)Cc3cnn(CF)c3)CC1)C2. The first kappa shape index (κ1) is 25.0. The molecule has 1 aliphatic carbocycles. The molecule has 0 bridgehead atoms. The molecular formula is C23H32F3N5O2S. The van der Waals surface area contributed by atoms with E-state index in [9.17, 15) is 18.0 Å². The molecule has 1 amide bonds. The summed E-state index contributed by atoms with van der Waals surface area (Å²) in [5.41, 5.74) is 1.67. The van der Waals surface area contributed by atoms with Gasteiger partial charge in [0, 0.05) is 37.1 Å². The van der Waals surface area contributed by atoms with Gasteiger partial charge < -0.3 is 10.1 Å². The van der Waals surface area contributed by atoms with Crippen molar-refractivity contribution in [1.29, 1.82) is 0 Å². The lowest BCUT2D eigenvalue weighted by Gasteiger charge is -2.32. The number of halogens is 3. The number of carbonyl (C=O) groups excluding carboxylic acids is 1. The van der Waals surface area contributed by atoms with E-state index in [0.717, 1.165) is 81.2 Å². The molecule has 2 aromatic rings. The number of thiazole rings is 1. The van der Waals surface area contributed by atoms with Gasteiger partial charge in [0.25, 0.3) is 11.1 Å². The highest BCUT2D eigenvalue weighted by atomic mass is 32.1. The molecule has 3 heterocycles. The van der Waals surface area contributed by atoms with Crippen LogP contribution >= 0.6 is 11.3 Å². The Morgan fingerprint density at radius 1 is 1.32 bits per heavy atom. The van der Waals surface area contributed by atoms with Crippen LogP contribution in [0.5, 0.6) is 5.19 Å². The summed E-state index contributed by atoms with van der Waals surface area (Å²) < 4.78 is 45.0. The maximum absolute atomic E-state index is 13.0. The van der Waals surface area contributed by atoms with Crippen molar-refractivity contribution >= 4 is 17.2 Å². The van der Waals surface area contributed by atoms with Gasteiger partial charge in [-0.3, -0.25) is 9.69 Å². The monoisotopic (exact) mass is 499 g/mol. The molecule has 1 fully saturated rings. The number of nitrogens with zero attached hydrogens (tertiary/aromatic N) is 4. The average Bonchev–Trinajstić information content (AvgIpc) is 3.42. The summed E-state index contributed by atoms with van der Waals surface area (Å²) in [6, 6.07) is 0.196. The number of ether oxygens (including phenoxy) is 1. The molecule has 1 aliphatic heterocycles. The lowest BCUT2D eigenvalue weighted by atomic mass is 9.84. The van der Waals surface area contributed by atoms with Crippen LogP contribution in [0.4, 0.5) is 13.2 Å². The van der Waals surface area contributed by atoms with Gasteiger partial charge in [0.05, 0.1) is 18.3 Å². The van der Waals surface area contributed by atoms with Crippen LogP contribution in [0.15, 0.2) is 12.4 Å². The Morgan fingerprint density at radius 2 is 2.12 bits per heavy atom. The fourth-order valence-corrected chi connectivity index (χ4v) is 5.56. The molecule has 0 unspecified atom stereocenters. The van der Waals surface area contributed by atoms with E-state index in [2.05, 4.69) is 20.3 Å². The van der Waals surface area contributed by atoms with E-state index >= 15 is 0 Å². The fraction of sp³-hybridized carbons (Fsp3) is 0.696. The Kier molecular flexibility index (Phi) is 8.13. The van der Waals surface area contributed by atoms with E-state index in [1.807, 2.05) is 0 Å². The molecule has 188 valence electrons. The van der Waals surface area contributed by atoms with Crippen LogP contribution < -0.4 is 10.1 Å². The summed E-state index contributed by atoms with van der Waals surface area (Å²) in [7, 11) is 0. The number of hydrogen-bond acceptors (Lipinski definition) is 6. The number of fused-ring (bicyclic) bond motifs is 1. The minimum atomic E-state index is -2.86. The molecule has 1 saturated carbocycles. The lowest BCUT2D eigenvalue weighted by Crippen LogP contribution is -2.39. The van der Waals surface area contributed by atoms with E-state index in [1.165, 1.54) is 22.2 Å². The van der Waals surface area contributed by atoms with Crippen molar-refractivity contribution < 1.29 is 22.7 Å². The van der Waals surface area contributed by atoms with Crippen LogP contribution in [-0.4, -0.2) is 57.2 Å². The van der Waals surface area contributed by atoms with Crippen molar-refractivity contribution in [3.05, 3.63) is 28.5 Å². The fourth-order valence-electron chi connectivity index (χ4n) is 4.66. The predicted molar refractivity (Wildman–Crippen MR) is 123 cm³/mol. The Morgan fingerprint density at radius 3 is 2.82 bits per heavy atom. The predicted octanol–water partition coefficient (Wildman–Crippen LogP) is 3.97. The lowest BCUT2D eigenvalue weighted by molar-refractivity contribution is -0.121. The third kappa shape index (κ3) is 7.18.